The monoisotopic (exact) mass is 323 g/mol. The van der Waals surface area contributed by atoms with E-state index in [9.17, 15) is 14.4 Å². The Bertz CT molecular complexity index is 518. The first kappa shape index (κ1) is 18.2. The highest BCUT2D eigenvalue weighted by Crippen LogP contribution is 2.19. The molecular formula is C16H21NO4S. The predicted molar refractivity (Wildman–Crippen MR) is 87.7 cm³/mol. The van der Waals surface area contributed by atoms with E-state index in [1.54, 1.807) is 38.1 Å². The van der Waals surface area contributed by atoms with E-state index in [0.29, 0.717) is 11.4 Å². The van der Waals surface area contributed by atoms with Gasteiger partial charge in [-0.15, -0.1) is 0 Å². The lowest BCUT2D eigenvalue weighted by Crippen LogP contribution is -2.40. The van der Waals surface area contributed by atoms with Gasteiger partial charge in [0.15, 0.2) is 5.12 Å². The third-order valence-corrected chi connectivity index (χ3v) is 3.96. The number of nitrogens with zero attached hydrogens (tertiary/aromatic N) is 1. The zero-order chi connectivity index (χ0) is 16.5. The number of ether oxygens (including phenoxy) is 1. The molecule has 0 N–H and O–H groups in total. The zero-order valence-corrected chi connectivity index (χ0v) is 13.9. The van der Waals surface area contributed by atoms with Crippen LogP contribution in [0.1, 0.15) is 20.8 Å². The van der Waals surface area contributed by atoms with Gasteiger partial charge in [0.05, 0.1) is 6.61 Å². The Hall–Kier alpha value is -1.82. The average Bonchev–Trinajstić information content (AvgIpc) is 2.50. The first-order valence-electron chi connectivity index (χ1n) is 7.11. The molecular weight excluding hydrogens is 302 g/mol. The van der Waals surface area contributed by atoms with Gasteiger partial charge in [-0.3, -0.25) is 14.4 Å². The standard InChI is InChI=1S/C16H21NO4S/c1-4-21-15(19)10-17(14-8-6-5-7-9-14)16(20)12(2)11-22-13(3)18/h5-9,12H,4,10-11H2,1-3H3. The number of rotatable bonds is 7. The molecule has 0 fully saturated rings. The van der Waals surface area contributed by atoms with Gasteiger partial charge in [-0.1, -0.05) is 36.9 Å². The summed E-state index contributed by atoms with van der Waals surface area (Å²) in [5.41, 5.74) is 0.639. The molecule has 0 radical (unpaired) electrons. The largest absolute Gasteiger partial charge is 0.465 e. The van der Waals surface area contributed by atoms with E-state index >= 15 is 0 Å². The summed E-state index contributed by atoms with van der Waals surface area (Å²) in [5.74, 6) is -0.636. The second kappa shape index (κ2) is 9.25. The second-order valence-electron chi connectivity index (χ2n) is 4.77. The Labute approximate surface area is 135 Å². The Morgan fingerprint density at radius 3 is 2.41 bits per heavy atom. The highest BCUT2D eigenvalue weighted by atomic mass is 32.2. The molecule has 0 bridgehead atoms. The van der Waals surface area contributed by atoms with Crippen LogP contribution in [-0.2, 0) is 19.1 Å². The SMILES string of the molecule is CCOC(=O)CN(C(=O)C(C)CSC(C)=O)c1ccccc1. The molecule has 6 heteroatoms. The molecule has 120 valence electrons. The summed E-state index contributed by atoms with van der Waals surface area (Å²) in [4.78, 5) is 36.8. The van der Waals surface area contributed by atoms with Crippen LogP contribution in [0.5, 0.6) is 0 Å². The number of benzene rings is 1. The van der Waals surface area contributed by atoms with Gasteiger partial charge >= 0.3 is 5.97 Å². The van der Waals surface area contributed by atoms with Crippen molar-refractivity contribution < 1.29 is 19.1 Å². The van der Waals surface area contributed by atoms with Crippen molar-refractivity contribution in [3.05, 3.63) is 30.3 Å². The van der Waals surface area contributed by atoms with Crippen molar-refractivity contribution >= 4 is 34.4 Å². The van der Waals surface area contributed by atoms with Gasteiger partial charge < -0.3 is 9.64 Å². The Morgan fingerprint density at radius 1 is 1.23 bits per heavy atom. The fraction of sp³-hybridized carbons (Fsp3) is 0.438. The fourth-order valence-corrected chi connectivity index (χ4v) is 2.45. The molecule has 5 nitrogen and oxygen atoms in total. The Kier molecular flexibility index (Phi) is 7.66. The van der Waals surface area contributed by atoms with Crippen molar-refractivity contribution in [2.24, 2.45) is 5.92 Å². The van der Waals surface area contributed by atoms with Crippen molar-refractivity contribution in [1.82, 2.24) is 0 Å². The molecule has 0 spiro atoms. The fourth-order valence-electron chi connectivity index (χ4n) is 1.82. The van der Waals surface area contributed by atoms with Gasteiger partial charge in [0.2, 0.25) is 5.91 Å². The molecule has 22 heavy (non-hydrogen) atoms. The lowest BCUT2D eigenvalue weighted by molar-refractivity contribution is -0.142. The minimum Gasteiger partial charge on any atom is -0.465 e. The maximum absolute atomic E-state index is 12.6. The van der Waals surface area contributed by atoms with Gasteiger partial charge in [0.1, 0.15) is 6.54 Å². The molecule has 0 saturated carbocycles. The summed E-state index contributed by atoms with van der Waals surface area (Å²) in [6, 6.07) is 8.97. The third-order valence-electron chi connectivity index (χ3n) is 2.88. The summed E-state index contributed by atoms with van der Waals surface area (Å²) in [6.45, 7) is 5.07. The number of carbonyl (C=O) groups is 3. The molecule has 1 rings (SSSR count). The summed E-state index contributed by atoms with van der Waals surface area (Å²) >= 11 is 1.11. The Balaban J connectivity index is 2.87. The van der Waals surface area contributed by atoms with E-state index in [1.165, 1.54) is 11.8 Å². The zero-order valence-electron chi connectivity index (χ0n) is 13.1. The van der Waals surface area contributed by atoms with Crippen LogP contribution in [0.15, 0.2) is 30.3 Å². The molecule has 1 aromatic carbocycles. The van der Waals surface area contributed by atoms with Crippen LogP contribution in [0.2, 0.25) is 0 Å². The van der Waals surface area contributed by atoms with E-state index in [0.717, 1.165) is 11.8 Å². The smallest absolute Gasteiger partial charge is 0.326 e. The summed E-state index contributed by atoms with van der Waals surface area (Å²) in [7, 11) is 0. The van der Waals surface area contributed by atoms with Crippen LogP contribution in [-0.4, -0.2) is 35.9 Å². The van der Waals surface area contributed by atoms with Gasteiger partial charge in [-0.05, 0) is 19.1 Å². The maximum Gasteiger partial charge on any atom is 0.326 e. The van der Waals surface area contributed by atoms with Crippen LogP contribution in [0.25, 0.3) is 0 Å². The van der Waals surface area contributed by atoms with Crippen molar-refractivity contribution in [3.63, 3.8) is 0 Å². The van der Waals surface area contributed by atoms with Crippen molar-refractivity contribution in [1.29, 1.82) is 0 Å². The van der Waals surface area contributed by atoms with Crippen LogP contribution in [0.3, 0.4) is 0 Å². The first-order chi connectivity index (χ1) is 10.5. The van der Waals surface area contributed by atoms with Gasteiger partial charge in [0.25, 0.3) is 0 Å². The van der Waals surface area contributed by atoms with E-state index in [-0.39, 0.29) is 30.1 Å². The Morgan fingerprint density at radius 2 is 1.86 bits per heavy atom. The summed E-state index contributed by atoms with van der Waals surface area (Å²) in [5, 5.41) is -0.0312. The molecule has 0 aliphatic carbocycles. The topological polar surface area (TPSA) is 63.7 Å². The van der Waals surface area contributed by atoms with Crippen molar-refractivity contribution in [3.8, 4) is 0 Å². The molecule has 1 unspecified atom stereocenters. The van der Waals surface area contributed by atoms with Gasteiger partial charge in [-0.2, -0.15) is 0 Å². The number of hydrogen-bond acceptors (Lipinski definition) is 5. The minimum absolute atomic E-state index is 0.0312. The third kappa shape index (κ3) is 5.89. The molecule has 1 aromatic rings. The molecule has 1 amide bonds. The molecule has 0 aromatic heterocycles. The number of thioether (sulfide) groups is 1. The van der Waals surface area contributed by atoms with Crippen LogP contribution >= 0.6 is 11.8 Å². The minimum atomic E-state index is -0.453. The van der Waals surface area contributed by atoms with E-state index in [2.05, 4.69) is 0 Å². The highest BCUT2D eigenvalue weighted by Gasteiger charge is 2.24. The average molecular weight is 323 g/mol. The van der Waals surface area contributed by atoms with E-state index in [4.69, 9.17) is 4.74 Å². The molecule has 0 heterocycles. The highest BCUT2D eigenvalue weighted by molar-refractivity contribution is 8.13. The van der Waals surface area contributed by atoms with E-state index < -0.39 is 5.97 Å². The molecule has 0 saturated heterocycles. The molecule has 0 aliphatic rings. The predicted octanol–water partition coefficient (Wildman–Crippen LogP) is 2.50. The molecule has 0 aliphatic heterocycles. The number of amides is 1. The normalized spacial score (nSPS) is 11.6. The van der Waals surface area contributed by atoms with Gasteiger partial charge in [0, 0.05) is 24.3 Å². The van der Waals surface area contributed by atoms with Crippen LogP contribution in [0, 0.1) is 5.92 Å². The van der Waals surface area contributed by atoms with Crippen LogP contribution in [0.4, 0.5) is 5.69 Å². The second-order valence-corrected chi connectivity index (χ2v) is 5.97. The number of carbonyl (C=O) groups excluding carboxylic acids is 3. The summed E-state index contributed by atoms with van der Waals surface area (Å²) < 4.78 is 4.93. The number of anilines is 1. The van der Waals surface area contributed by atoms with Gasteiger partial charge in [-0.25, -0.2) is 0 Å². The molecule has 1 atom stereocenters. The summed E-state index contributed by atoms with van der Waals surface area (Å²) in [6.07, 6.45) is 0. The first-order valence-corrected chi connectivity index (χ1v) is 8.09. The van der Waals surface area contributed by atoms with Crippen molar-refractivity contribution in [2.45, 2.75) is 20.8 Å². The van der Waals surface area contributed by atoms with Crippen LogP contribution < -0.4 is 4.90 Å². The number of hydrogen-bond donors (Lipinski definition) is 0. The lowest BCUT2D eigenvalue weighted by atomic mass is 10.1. The number of esters is 1. The maximum atomic E-state index is 12.6. The quantitative estimate of drug-likeness (QED) is 0.721. The lowest BCUT2D eigenvalue weighted by Gasteiger charge is -2.24. The number of para-hydroxylation sites is 1. The van der Waals surface area contributed by atoms with Crippen molar-refractivity contribution in [2.75, 3.05) is 23.8 Å². The van der Waals surface area contributed by atoms with E-state index in [1.807, 2.05) is 6.07 Å².